The van der Waals surface area contributed by atoms with Gasteiger partial charge in [-0.25, -0.2) is 14.2 Å². The van der Waals surface area contributed by atoms with Gasteiger partial charge in [0.05, 0.1) is 12.3 Å². The van der Waals surface area contributed by atoms with Crippen molar-refractivity contribution in [2.24, 2.45) is 0 Å². The zero-order valence-corrected chi connectivity index (χ0v) is 13.5. The quantitative estimate of drug-likeness (QED) is 0.611. The molecule has 0 saturated heterocycles. The van der Waals surface area contributed by atoms with Crippen LogP contribution in [-0.2, 0) is 16.1 Å². The molecule has 0 radical (unpaired) electrons. The number of anilines is 3. The first-order valence-electron chi connectivity index (χ1n) is 7.26. The van der Waals surface area contributed by atoms with Crippen LogP contribution in [0.15, 0.2) is 36.4 Å². The van der Waals surface area contributed by atoms with Gasteiger partial charge in [0.2, 0.25) is 0 Å². The number of nitrogens with two attached hydrogens (primary N) is 1. The standard InChI is InChI=1S/C15H17FN4O2.CH2O2/c1-2-22-15(21)19-12-7-8-13(20-14(12)17)18-9-10-3-5-11(16)6-4-10;2-1-3/h3-8H,2,9H2,1H3,(H,19,21)(H3,17,18,20);1H,(H,2,3). The smallest absolute Gasteiger partial charge is 0.411 e. The molecule has 5 N–H and O–H groups in total. The number of hydrogen-bond donors (Lipinski definition) is 4. The van der Waals surface area contributed by atoms with E-state index in [4.69, 9.17) is 20.4 Å². The normalized spacial score (nSPS) is 9.36. The lowest BCUT2D eigenvalue weighted by molar-refractivity contribution is -0.122. The summed E-state index contributed by atoms with van der Waals surface area (Å²) < 4.78 is 17.6. The van der Waals surface area contributed by atoms with E-state index in [0.717, 1.165) is 5.56 Å². The maximum absolute atomic E-state index is 12.8. The van der Waals surface area contributed by atoms with Gasteiger partial charge in [-0.3, -0.25) is 10.1 Å². The molecule has 0 atom stereocenters. The summed E-state index contributed by atoms with van der Waals surface area (Å²) in [4.78, 5) is 23.8. The third-order valence-electron chi connectivity index (χ3n) is 2.82. The van der Waals surface area contributed by atoms with Crippen molar-refractivity contribution in [2.75, 3.05) is 23.0 Å². The van der Waals surface area contributed by atoms with Gasteiger partial charge >= 0.3 is 6.09 Å². The first-order valence-corrected chi connectivity index (χ1v) is 7.26. The number of pyridine rings is 1. The summed E-state index contributed by atoms with van der Waals surface area (Å²) in [6, 6.07) is 9.47. The molecule has 2 rings (SSSR count). The Balaban J connectivity index is 0.000000970. The molecule has 8 nitrogen and oxygen atoms in total. The van der Waals surface area contributed by atoms with Crippen LogP contribution in [0.3, 0.4) is 0 Å². The van der Waals surface area contributed by atoms with Crippen LogP contribution in [0.1, 0.15) is 12.5 Å². The predicted molar refractivity (Wildman–Crippen MR) is 91.7 cm³/mol. The summed E-state index contributed by atoms with van der Waals surface area (Å²) in [6.07, 6.45) is -0.581. The Labute approximate surface area is 143 Å². The minimum absolute atomic E-state index is 0.178. The maximum Gasteiger partial charge on any atom is 0.411 e. The number of carboxylic acid groups (broad SMARTS) is 1. The third-order valence-corrected chi connectivity index (χ3v) is 2.82. The summed E-state index contributed by atoms with van der Waals surface area (Å²) in [5.41, 5.74) is 7.08. The number of aromatic nitrogens is 1. The fourth-order valence-corrected chi connectivity index (χ4v) is 1.75. The van der Waals surface area contributed by atoms with Gasteiger partial charge in [-0.15, -0.1) is 0 Å². The molecule has 0 bridgehead atoms. The molecule has 0 aliphatic carbocycles. The second-order valence-electron chi connectivity index (χ2n) is 4.56. The van der Waals surface area contributed by atoms with Gasteiger partial charge in [-0.2, -0.15) is 0 Å². The SMILES string of the molecule is CCOC(=O)Nc1ccc(NCc2ccc(F)cc2)nc1N.O=CO. The van der Waals surface area contributed by atoms with E-state index in [0.29, 0.717) is 18.1 Å². The fraction of sp³-hybridized carbons (Fsp3) is 0.188. The van der Waals surface area contributed by atoms with Crippen molar-refractivity contribution in [1.82, 2.24) is 4.98 Å². The number of nitrogens with one attached hydrogen (secondary N) is 2. The second kappa shape index (κ2) is 10.4. The molecule has 0 saturated carbocycles. The van der Waals surface area contributed by atoms with Crippen molar-refractivity contribution in [1.29, 1.82) is 0 Å². The topological polar surface area (TPSA) is 127 Å². The number of amides is 1. The van der Waals surface area contributed by atoms with Gasteiger partial charge in [0.15, 0.2) is 0 Å². The molecule has 0 fully saturated rings. The first-order chi connectivity index (χ1) is 12.0. The number of halogens is 1. The Morgan fingerprint density at radius 2 is 1.96 bits per heavy atom. The van der Waals surface area contributed by atoms with Crippen molar-refractivity contribution in [3.05, 3.63) is 47.8 Å². The van der Waals surface area contributed by atoms with Gasteiger partial charge in [-0.1, -0.05) is 12.1 Å². The van der Waals surface area contributed by atoms with Crippen LogP contribution >= 0.6 is 0 Å². The van der Waals surface area contributed by atoms with Gasteiger partial charge in [0, 0.05) is 6.54 Å². The molecule has 134 valence electrons. The lowest BCUT2D eigenvalue weighted by Crippen LogP contribution is -2.15. The Bertz CT molecular complexity index is 695. The molecule has 0 unspecified atom stereocenters. The molecule has 25 heavy (non-hydrogen) atoms. The van der Waals surface area contributed by atoms with Crippen LogP contribution in [0.4, 0.5) is 26.5 Å². The summed E-state index contributed by atoms with van der Waals surface area (Å²) >= 11 is 0. The van der Waals surface area contributed by atoms with Crippen LogP contribution in [-0.4, -0.2) is 29.3 Å². The van der Waals surface area contributed by atoms with E-state index < -0.39 is 6.09 Å². The van der Waals surface area contributed by atoms with E-state index in [1.165, 1.54) is 12.1 Å². The number of hydrogen-bond acceptors (Lipinski definition) is 6. The van der Waals surface area contributed by atoms with Gasteiger partial charge < -0.3 is 20.9 Å². The van der Waals surface area contributed by atoms with Crippen molar-refractivity contribution < 1.29 is 23.8 Å². The number of carbonyl (C=O) groups is 2. The van der Waals surface area contributed by atoms with E-state index >= 15 is 0 Å². The van der Waals surface area contributed by atoms with Crippen molar-refractivity contribution in [2.45, 2.75) is 13.5 Å². The van der Waals surface area contributed by atoms with Crippen LogP contribution in [0.2, 0.25) is 0 Å². The Morgan fingerprint density at radius 3 is 2.52 bits per heavy atom. The molecule has 1 heterocycles. The molecule has 0 aliphatic rings. The Hall–Kier alpha value is -3.36. The van der Waals surface area contributed by atoms with E-state index in [9.17, 15) is 9.18 Å². The zero-order valence-electron chi connectivity index (χ0n) is 13.5. The minimum atomic E-state index is -0.581. The molecule has 1 aromatic carbocycles. The monoisotopic (exact) mass is 350 g/mol. The minimum Gasteiger partial charge on any atom is -0.483 e. The lowest BCUT2D eigenvalue weighted by Gasteiger charge is -2.10. The number of carbonyl (C=O) groups excluding carboxylic acids is 1. The van der Waals surface area contributed by atoms with Crippen molar-refractivity contribution in [3.8, 4) is 0 Å². The Morgan fingerprint density at radius 1 is 1.32 bits per heavy atom. The highest BCUT2D eigenvalue weighted by Crippen LogP contribution is 2.19. The first kappa shape index (κ1) is 19.7. The third kappa shape index (κ3) is 7.16. The van der Waals surface area contributed by atoms with Crippen LogP contribution in [0, 0.1) is 5.82 Å². The molecule has 1 aromatic heterocycles. The average Bonchev–Trinajstić information content (AvgIpc) is 2.57. The lowest BCUT2D eigenvalue weighted by atomic mass is 10.2. The van der Waals surface area contributed by atoms with Crippen LogP contribution in [0.25, 0.3) is 0 Å². The Kier molecular flexibility index (Phi) is 8.21. The molecule has 0 aliphatic heterocycles. The maximum atomic E-state index is 12.8. The van der Waals surface area contributed by atoms with E-state index in [2.05, 4.69) is 15.6 Å². The molecular weight excluding hydrogens is 331 g/mol. The highest BCUT2D eigenvalue weighted by molar-refractivity contribution is 5.88. The van der Waals surface area contributed by atoms with Gasteiger partial charge in [0.1, 0.15) is 17.5 Å². The molecule has 9 heteroatoms. The number of benzene rings is 1. The van der Waals surface area contributed by atoms with Gasteiger partial charge in [0.25, 0.3) is 6.47 Å². The highest BCUT2D eigenvalue weighted by atomic mass is 19.1. The zero-order chi connectivity index (χ0) is 18.7. The summed E-state index contributed by atoms with van der Waals surface area (Å²) in [5, 5.41) is 12.5. The molecular formula is C16H19FN4O4. The molecule has 1 amide bonds. The molecule has 2 aromatic rings. The predicted octanol–water partition coefficient (Wildman–Crippen LogP) is 2.68. The summed E-state index contributed by atoms with van der Waals surface area (Å²) in [6.45, 7) is 2.22. The number of nitrogens with zero attached hydrogens (tertiary/aromatic N) is 1. The average molecular weight is 350 g/mol. The number of ether oxygens (including phenoxy) is 1. The van der Waals surface area contributed by atoms with Crippen LogP contribution in [0.5, 0.6) is 0 Å². The van der Waals surface area contributed by atoms with Crippen molar-refractivity contribution >= 4 is 29.9 Å². The van der Waals surface area contributed by atoms with Crippen LogP contribution < -0.4 is 16.4 Å². The summed E-state index contributed by atoms with van der Waals surface area (Å²) in [7, 11) is 0. The number of rotatable bonds is 5. The molecule has 0 spiro atoms. The van der Waals surface area contributed by atoms with E-state index in [-0.39, 0.29) is 24.7 Å². The number of nitrogen functional groups attached to an aromatic ring is 1. The van der Waals surface area contributed by atoms with Gasteiger partial charge in [-0.05, 0) is 36.8 Å². The van der Waals surface area contributed by atoms with E-state index in [1.807, 2.05) is 0 Å². The van der Waals surface area contributed by atoms with E-state index in [1.54, 1.807) is 31.2 Å². The van der Waals surface area contributed by atoms with Crippen molar-refractivity contribution in [3.63, 3.8) is 0 Å². The fourth-order valence-electron chi connectivity index (χ4n) is 1.75. The largest absolute Gasteiger partial charge is 0.483 e. The summed E-state index contributed by atoms with van der Waals surface area (Å²) in [5.74, 6) is 0.453. The second-order valence-corrected chi connectivity index (χ2v) is 4.56. The highest BCUT2D eigenvalue weighted by Gasteiger charge is 2.07.